The minimum absolute atomic E-state index is 0.208. The van der Waals surface area contributed by atoms with Gasteiger partial charge in [-0.25, -0.2) is 0 Å². The molecule has 0 saturated carbocycles. The third-order valence-electron chi connectivity index (χ3n) is 3.06. The minimum Gasteiger partial charge on any atom is -0.381 e. The molecule has 0 aromatic rings. The second kappa shape index (κ2) is 5.17. The van der Waals surface area contributed by atoms with Crippen LogP contribution in [-0.2, 0) is 9.53 Å². The van der Waals surface area contributed by atoms with Crippen LogP contribution in [0.3, 0.4) is 0 Å². The predicted octanol–water partition coefficient (Wildman–Crippen LogP) is 2.27. The summed E-state index contributed by atoms with van der Waals surface area (Å²) >= 11 is 1.86. The van der Waals surface area contributed by atoms with Crippen LogP contribution in [0, 0.1) is 5.92 Å². The van der Waals surface area contributed by atoms with E-state index in [2.05, 4.69) is 0 Å². The number of carbonyl (C=O) groups excluding carboxylic acids is 1. The zero-order valence-corrected chi connectivity index (χ0v) is 9.35. The highest BCUT2D eigenvalue weighted by Crippen LogP contribution is 2.29. The first-order valence-corrected chi connectivity index (χ1v) is 6.66. The van der Waals surface area contributed by atoms with E-state index < -0.39 is 0 Å². The van der Waals surface area contributed by atoms with E-state index in [1.807, 2.05) is 11.8 Å². The molecule has 2 nitrogen and oxygen atoms in total. The van der Waals surface area contributed by atoms with Crippen LogP contribution in [0.1, 0.15) is 32.1 Å². The average molecular weight is 214 g/mol. The largest absolute Gasteiger partial charge is 0.381 e. The third kappa shape index (κ3) is 2.51. The molecule has 3 heteroatoms. The van der Waals surface area contributed by atoms with Gasteiger partial charge < -0.3 is 4.74 Å². The third-order valence-corrected chi connectivity index (χ3v) is 4.45. The molecule has 2 aliphatic heterocycles. The van der Waals surface area contributed by atoms with Crippen molar-refractivity contribution in [2.75, 3.05) is 19.0 Å². The summed E-state index contributed by atoms with van der Waals surface area (Å²) in [6.45, 7) is 1.53. The molecule has 0 amide bonds. The quantitative estimate of drug-likeness (QED) is 0.705. The highest BCUT2D eigenvalue weighted by Gasteiger charge is 2.29. The molecule has 2 saturated heterocycles. The molecule has 0 aromatic heterocycles. The fourth-order valence-corrected chi connectivity index (χ4v) is 3.54. The van der Waals surface area contributed by atoms with E-state index in [-0.39, 0.29) is 11.2 Å². The Hall–Kier alpha value is -0.0200. The molecular weight excluding hydrogens is 196 g/mol. The number of Topliss-reactive ketones (excluding diaryl/α,β-unsaturated/α-hetero) is 1. The fourth-order valence-electron chi connectivity index (χ4n) is 2.19. The fraction of sp³-hybridized carbons (Fsp3) is 0.909. The van der Waals surface area contributed by atoms with Gasteiger partial charge in [0.15, 0.2) is 5.78 Å². The van der Waals surface area contributed by atoms with E-state index in [4.69, 9.17) is 4.74 Å². The molecule has 0 aliphatic carbocycles. The van der Waals surface area contributed by atoms with Crippen molar-refractivity contribution in [1.82, 2.24) is 0 Å². The number of thioether (sulfide) groups is 1. The van der Waals surface area contributed by atoms with Crippen LogP contribution in [-0.4, -0.2) is 30.0 Å². The van der Waals surface area contributed by atoms with Crippen molar-refractivity contribution in [2.45, 2.75) is 37.4 Å². The number of hydrogen-bond acceptors (Lipinski definition) is 3. The number of carbonyl (C=O) groups is 1. The molecule has 2 rings (SSSR count). The summed E-state index contributed by atoms with van der Waals surface area (Å²) in [4.78, 5) is 12.1. The second-order valence-corrected chi connectivity index (χ2v) is 5.48. The smallest absolute Gasteiger partial charge is 0.151 e. The van der Waals surface area contributed by atoms with Crippen molar-refractivity contribution >= 4 is 17.5 Å². The molecule has 2 heterocycles. The lowest BCUT2D eigenvalue weighted by Gasteiger charge is -2.27. The Morgan fingerprint density at radius 3 is 2.79 bits per heavy atom. The van der Waals surface area contributed by atoms with E-state index in [9.17, 15) is 4.79 Å². The van der Waals surface area contributed by atoms with Gasteiger partial charge in [0.25, 0.3) is 0 Å². The van der Waals surface area contributed by atoms with E-state index >= 15 is 0 Å². The van der Waals surface area contributed by atoms with Crippen LogP contribution in [0.2, 0.25) is 0 Å². The summed E-state index contributed by atoms with van der Waals surface area (Å²) in [6.07, 6.45) is 5.73. The van der Waals surface area contributed by atoms with Gasteiger partial charge in [-0.05, 0) is 31.4 Å². The van der Waals surface area contributed by atoms with Crippen molar-refractivity contribution in [2.24, 2.45) is 5.92 Å². The Bertz CT molecular complexity index is 173. The Morgan fingerprint density at radius 1 is 1.21 bits per heavy atom. The van der Waals surface area contributed by atoms with Gasteiger partial charge in [-0.3, -0.25) is 4.79 Å². The standard InChI is InChI=1S/C11H18O2S/c12-11(9-4-3-6-13-8-9)10-5-1-2-7-14-10/h9-10H,1-8H2. The SMILES string of the molecule is O=C(C1CCCOC1)C1CCCCS1. The van der Waals surface area contributed by atoms with Crippen molar-refractivity contribution in [3.05, 3.63) is 0 Å². The molecule has 0 aromatic carbocycles. The first-order valence-electron chi connectivity index (χ1n) is 5.61. The van der Waals surface area contributed by atoms with Gasteiger partial charge in [0.1, 0.15) is 0 Å². The molecule has 2 aliphatic rings. The van der Waals surface area contributed by atoms with Gasteiger partial charge >= 0.3 is 0 Å². The van der Waals surface area contributed by atoms with Gasteiger partial charge in [-0.15, -0.1) is 0 Å². The molecule has 14 heavy (non-hydrogen) atoms. The van der Waals surface area contributed by atoms with Gasteiger partial charge in [-0.2, -0.15) is 11.8 Å². The summed E-state index contributed by atoms with van der Waals surface area (Å²) in [5, 5.41) is 0.287. The topological polar surface area (TPSA) is 26.3 Å². The maximum Gasteiger partial charge on any atom is 0.151 e. The Kier molecular flexibility index (Phi) is 3.88. The highest BCUT2D eigenvalue weighted by molar-refractivity contribution is 8.00. The van der Waals surface area contributed by atoms with Gasteiger partial charge in [0.05, 0.1) is 11.9 Å². The maximum absolute atomic E-state index is 12.1. The molecule has 2 unspecified atom stereocenters. The summed E-state index contributed by atoms with van der Waals surface area (Å²) in [7, 11) is 0. The summed E-state index contributed by atoms with van der Waals surface area (Å²) in [5.41, 5.74) is 0. The highest BCUT2D eigenvalue weighted by atomic mass is 32.2. The zero-order chi connectivity index (χ0) is 9.80. The molecule has 0 bridgehead atoms. The summed E-state index contributed by atoms with van der Waals surface area (Å²) in [5.74, 6) is 1.85. The van der Waals surface area contributed by atoms with Crippen LogP contribution in [0.25, 0.3) is 0 Å². The number of rotatable bonds is 2. The first kappa shape index (κ1) is 10.5. The van der Waals surface area contributed by atoms with Crippen LogP contribution >= 0.6 is 11.8 Å². The van der Waals surface area contributed by atoms with Gasteiger partial charge in [-0.1, -0.05) is 6.42 Å². The molecule has 2 fully saturated rings. The predicted molar refractivity (Wildman–Crippen MR) is 58.6 cm³/mol. The molecule has 0 N–H and O–H groups in total. The average Bonchev–Trinajstić information content (AvgIpc) is 2.30. The van der Waals surface area contributed by atoms with Crippen molar-refractivity contribution < 1.29 is 9.53 Å². The molecule has 80 valence electrons. The molecular formula is C11H18O2S. The summed E-state index contributed by atoms with van der Waals surface area (Å²) in [6, 6.07) is 0. The number of ether oxygens (including phenoxy) is 1. The van der Waals surface area contributed by atoms with Gasteiger partial charge in [0, 0.05) is 12.5 Å². The van der Waals surface area contributed by atoms with Crippen LogP contribution in [0.4, 0.5) is 0 Å². The summed E-state index contributed by atoms with van der Waals surface area (Å²) < 4.78 is 5.36. The lowest BCUT2D eigenvalue weighted by atomic mass is 9.93. The monoisotopic (exact) mass is 214 g/mol. The van der Waals surface area contributed by atoms with E-state index in [0.717, 1.165) is 25.9 Å². The van der Waals surface area contributed by atoms with Crippen LogP contribution < -0.4 is 0 Å². The second-order valence-electron chi connectivity index (χ2n) is 4.17. The maximum atomic E-state index is 12.1. The van der Waals surface area contributed by atoms with E-state index in [0.29, 0.717) is 12.4 Å². The Labute approximate surface area is 89.8 Å². The molecule has 2 atom stereocenters. The normalized spacial score (nSPS) is 34.0. The first-order chi connectivity index (χ1) is 6.88. The number of hydrogen-bond donors (Lipinski definition) is 0. The van der Waals surface area contributed by atoms with E-state index in [1.54, 1.807) is 0 Å². The van der Waals surface area contributed by atoms with Crippen molar-refractivity contribution in [1.29, 1.82) is 0 Å². The lowest BCUT2D eigenvalue weighted by Crippen LogP contribution is -2.33. The lowest BCUT2D eigenvalue weighted by molar-refractivity contribution is -0.126. The van der Waals surface area contributed by atoms with Crippen molar-refractivity contribution in [3.63, 3.8) is 0 Å². The minimum atomic E-state index is 0.208. The van der Waals surface area contributed by atoms with E-state index in [1.165, 1.54) is 18.6 Å². The Balaban J connectivity index is 1.85. The van der Waals surface area contributed by atoms with Gasteiger partial charge in [0.2, 0.25) is 0 Å². The van der Waals surface area contributed by atoms with Crippen LogP contribution in [0.5, 0.6) is 0 Å². The van der Waals surface area contributed by atoms with Crippen LogP contribution in [0.15, 0.2) is 0 Å². The molecule has 0 spiro atoms. The molecule has 0 radical (unpaired) electrons. The Morgan fingerprint density at radius 2 is 2.14 bits per heavy atom. The zero-order valence-electron chi connectivity index (χ0n) is 8.54. The number of ketones is 1. The van der Waals surface area contributed by atoms with Crippen molar-refractivity contribution in [3.8, 4) is 0 Å².